The Balaban J connectivity index is 1.64. The number of carbonyl (C=O) groups is 1. The van der Waals surface area contributed by atoms with E-state index in [2.05, 4.69) is 20.4 Å². The highest BCUT2D eigenvalue weighted by Gasteiger charge is 2.31. The van der Waals surface area contributed by atoms with E-state index >= 15 is 0 Å². The number of nitrogens with zero attached hydrogens (tertiary/aromatic N) is 5. The monoisotopic (exact) mass is 470 g/mol. The zero-order chi connectivity index (χ0) is 24.5. The number of aryl methyl sites for hydroxylation is 1. The molecular formula is C23H21F3N6O2. The van der Waals surface area contributed by atoms with Crippen LogP contribution in [0.1, 0.15) is 39.0 Å². The van der Waals surface area contributed by atoms with Crippen molar-refractivity contribution in [2.24, 2.45) is 7.05 Å². The van der Waals surface area contributed by atoms with Gasteiger partial charge in [-0.25, -0.2) is 14.6 Å². The lowest BCUT2D eigenvalue weighted by atomic mass is 10.0. The minimum Gasteiger partial charge on any atom is -0.497 e. The number of pyridine rings is 1. The van der Waals surface area contributed by atoms with Gasteiger partial charge in [0, 0.05) is 25.6 Å². The molecule has 0 bridgehead atoms. The largest absolute Gasteiger partial charge is 0.497 e. The molecule has 4 aromatic rings. The van der Waals surface area contributed by atoms with Gasteiger partial charge in [0.25, 0.3) is 5.91 Å². The Kier molecular flexibility index (Phi) is 6.10. The number of ether oxygens (including phenoxy) is 1. The van der Waals surface area contributed by atoms with Crippen molar-refractivity contribution in [1.82, 2.24) is 29.6 Å². The van der Waals surface area contributed by atoms with Gasteiger partial charge in [-0.2, -0.15) is 18.3 Å². The van der Waals surface area contributed by atoms with Crippen molar-refractivity contribution >= 4 is 5.91 Å². The molecular weight excluding hydrogens is 449 g/mol. The number of benzene rings is 1. The molecule has 176 valence electrons. The molecule has 0 saturated carbocycles. The summed E-state index contributed by atoms with van der Waals surface area (Å²) in [5, 5.41) is 7.14. The lowest BCUT2D eigenvalue weighted by Gasteiger charge is -2.19. The third kappa shape index (κ3) is 4.49. The summed E-state index contributed by atoms with van der Waals surface area (Å²) in [7, 11) is 3.38. The highest BCUT2D eigenvalue weighted by Crippen LogP contribution is 2.29. The molecule has 0 saturated heterocycles. The predicted octanol–water partition coefficient (Wildman–Crippen LogP) is 3.86. The van der Waals surface area contributed by atoms with Gasteiger partial charge in [0.15, 0.2) is 5.82 Å². The normalized spacial score (nSPS) is 12.4. The first kappa shape index (κ1) is 23.0. The molecule has 34 heavy (non-hydrogen) atoms. The zero-order valence-corrected chi connectivity index (χ0v) is 18.5. The molecule has 0 spiro atoms. The molecule has 3 aromatic heterocycles. The standard InChI is InChI=1S/C23H21F3N6O2/c1-14-18(13-29-32(14)19-8-7-16(12-28-19)23(24,25)26)22(33)30-20(21-27-9-10-31(21)2)15-5-4-6-17(11-15)34-3/h4-13,20H,1-3H3,(H,30,33). The van der Waals surface area contributed by atoms with Gasteiger partial charge in [-0.05, 0) is 36.8 Å². The van der Waals surface area contributed by atoms with E-state index in [4.69, 9.17) is 4.74 Å². The molecule has 8 nitrogen and oxygen atoms in total. The van der Waals surface area contributed by atoms with Gasteiger partial charge in [0.05, 0.1) is 30.1 Å². The number of methoxy groups -OCH3 is 1. The molecule has 11 heteroatoms. The summed E-state index contributed by atoms with van der Waals surface area (Å²) < 4.78 is 46.9. The van der Waals surface area contributed by atoms with Gasteiger partial charge < -0.3 is 14.6 Å². The number of aromatic nitrogens is 5. The Labute approximate surface area is 193 Å². The second-order valence-corrected chi connectivity index (χ2v) is 7.54. The molecule has 1 unspecified atom stereocenters. The van der Waals surface area contributed by atoms with Crippen molar-refractivity contribution in [2.75, 3.05) is 7.11 Å². The molecule has 1 N–H and O–H groups in total. The second kappa shape index (κ2) is 9.00. The molecule has 0 fully saturated rings. The van der Waals surface area contributed by atoms with Crippen LogP contribution < -0.4 is 10.1 Å². The maximum atomic E-state index is 13.2. The number of imidazole rings is 1. The summed E-state index contributed by atoms with van der Waals surface area (Å²) in [6, 6.07) is 8.81. The second-order valence-electron chi connectivity index (χ2n) is 7.54. The number of hydrogen-bond donors (Lipinski definition) is 1. The maximum absolute atomic E-state index is 13.2. The molecule has 1 atom stereocenters. The first-order valence-corrected chi connectivity index (χ1v) is 10.2. The fraction of sp³-hybridized carbons (Fsp3) is 0.217. The van der Waals surface area contributed by atoms with Crippen molar-refractivity contribution in [2.45, 2.75) is 19.1 Å². The van der Waals surface area contributed by atoms with Crippen LogP contribution in [-0.2, 0) is 13.2 Å². The third-order valence-electron chi connectivity index (χ3n) is 5.37. The van der Waals surface area contributed by atoms with Crippen molar-refractivity contribution in [3.05, 3.63) is 89.4 Å². The molecule has 4 rings (SSSR count). The van der Waals surface area contributed by atoms with Gasteiger partial charge in [-0.15, -0.1) is 0 Å². The van der Waals surface area contributed by atoms with Gasteiger partial charge in [-0.1, -0.05) is 12.1 Å². The molecule has 0 aliphatic heterocycles. The van der Waals surface area contributed by atoms with Gasteiger partial charge in [-0.3, -0.25) is 4.79 Å². The van der Waals surface area contributed by atoms with E-state index < -0.39 is 23.7 Å². The van der Waals surface area contributed by atoms with E-state index in [1.807, 2.05) is 25.2 Å². The number of amides is 1. The Morgan fingerprint density at radius 3 is 2.56 bits per heavy atom. The predicted molar refractivity (Wildman–Crippen MR) is 117 cm³/mol. The zero-order valence-electron chi connectivity index (χ0n) is 18.5. The van der Waals surface area contributed by atoms with E-state index in [1.54, 1.807) is 37.1 Å². The number of halogens is 3. The van der Waals surface area contributed by atoms with Gasteiger partial charge in [0.1, 0.15) is 17.6 Å². The number of carbonyl (C=O) groups excluding carboxylic acids is 1. The molecule has 1 aromatic carbocycles. The lowest BCUT2D eigenvalue weighted by molar-refractivity contribution is -0.137. The Morgan fingerprint density at radius 1 is 1.15 bits per heavy atom. The van der Waals surface area contributed by atoms with Crippen molar-refractivity contribution in [3.63, 3.8) is 0 Å². The Hall–Kier alpha value is -4.15. The van der Waals surface area contributed by atoms with Gasteiger partial charge >= 0.3 is 6.18 Å². The quantitative estimate of drug-likeness (QED) is 0.463. The lowest BCUT2D eigenvalue weighted by Crippen LogP contribution is -2.31. The minimum atomic E-state index is -4.49. The SMILES string of the molecule is COc1cccc(C(NC(=O)c2cnn(-c3ccc(C(F)(F)F)cn3)c2C)c2nccn2C)c1. The van der Waals surface area contributed by atoms with Crippen LogP contribution in [0.4, 0.5) is 13.2 Å². The average Bonchev–Trinajstić information content (AvgIpc) is 3.42. The Morgan fingerprint density at radius 2 is 1.94 bits per heavy atom. The molecule has 1 amide bonds. The molecule has 0 radical (unpaired) electrons. The summed E-state index contributed by atoms with van der Waals surface area (Å²) >= 11 is 0. The van der Waals surface area contributed by atoms with E-state index in [0.29, 0.717) is 17.3 Å². The highest BCUT2D eigenvalue weighted by molar-refractivity contribution is 5.95. The molecule has 3 heterocycles. The van der Waals surface area contributed by atoms with E-state index in [0.717, 1.165) is 17.8 Å². The number of alkyl halides is 3. The fourth-order valence-corrected chi connectivity index (χ4v) is 3.52. The van der Waals surface area contributed by atoms with Crippen molar-refractivity contribution < 1.29 is 22.7 Å². The van der Waals surface area contributed by atoms with Crippen LogP contribution in [-0.4, -0.2) is 37.3 Å². The van der Waals surface area contributed by atoms with Crippen LogP contribution >= 0.6 is 0 Å². The minimum absolute atomic E-state index is 0.165. The van der Waals surface area contributed by atoms with Gasteiger partial charge in [0.2, 0.25) is 0 Å². The third-order valence-corrected chi connectivity index (χ3v) is 5.37. The molecule has 0 aliphatic rings. The summed E-state index contributed by atoms with van der Waals surface area (Å²) in [5.74, 6) is 0.976. The van der Waals surface area contributed by atoms with Crippen LogP contribution in [0.3, 0.4) is 0 Å². The van der Waals surface area contributed by atoms with Crippen molar-refractivity contribution in [1.29, 1.82) is 0 Å². The van der Waals surface area contributed by atoms with Crippen LogP contribution in [0.5, 0.6) is 5.75 Å². The van der Waals surface area contributed by atoms with Crippen LogP contribution in [0.25, 0.3) is 5.82 Å². The smallest absolute Gasteiger partial charge is 0.417 e. The molecule has 0 aliphatic carbocycles. The van der Waals surface area contributed by atoms with Crippen LogP contribution in [0.15, 0.2) is 61.2 Å². The number of rotatable bonds is 6. The number of nitrogens with one attached hydrogen (secondary N) is 1. The maximum Gasteiger partial charge on any atom is 0.417 e. The summed E-state index contributed by atoms with van der Waals surface area (Å²) in [6.45, 7) is 1.64. The van der Waals surface area contributed by atoms with E-state index in [1.165, 1.54) is 16.9 Å². The first-order valence-electron chi connectivity index (χ1n) is 10.2. The summed E-state index contributed by atoms with van der Waals surface area (Å²) in [6.07, 6.45) is 0.999. The Bertz CT molecular complexity index is 1310. The van der Waals surface area contributed by atoms with Crippen LogP contribution in [0, 0.1) is 6.92 Å². The first-order chi connectivity index (χ1) is 16.2. The van der Waals surface area contributed by atoms with Crippen molar-refractivity contribution in [3.8, 4) is 11.6 Å². The van der Waals surface area contributed by atoms with E-state index in [-0.39, 0.29) is 11.4 Å². The number of hydrogen-bond acceptors (Lipinski definition) is 5. The summed E-state index contributed by atoms with van der Waals surface area (Å²) in [5.41, 5.74) is 0.574. The summed E-state index contributed by atoms with van der Waals surface area (Å²) in [4.78, 5) is 21.5. The highest BCUT2D eigenvalue weighted by atomic mass is 19.4. The van der Waals surface area contributed by atoms with Crippen LogP contribution in [0.2, 0.25) is 0 Å². The average molecular weight is 470 g/mol. The van der Waals surface area contributed by atoms with E-state index in [9.17, 15) is 18.0 Å². The fourth-order valence-electron chi connectivity index (χ4n) is 3.52. The topological polar surface area (TPSA) is 86.9 Å².